The van der Waals surface area contributed by atoms with E-state index in [4.69, 9.17) is 27.9 Å². The van der Waals surface area contributed by atoms with Gasteiger partial charge in [0.1, 0.15) is 0 Å². The van der Waals surface area contributed by atoms with Crippen molar-refractivity contribution in [2.75, 3.05) is 11.5 Å². The summed E-state index contributed by atoms with van der Waals surface area (Å²) in [6.45, 7) is 1.37. The van der Waals surface area contributed by atoms with Gasteiger partial charge in [-0.25, -0.2) is 4.79 Å². The van der Waals surface area contributed by atoms with Crippen LogP contribution < -0.4 is 10.2 Å². The summed E-state index contributed by atoms with van der Waals surface area (Å²) in [6.07, 6.45) is 0.666. The summed E-state index contributed by atoms with van der Waals surface area (Å²) in [4.78, 5) is 51.8. The number of ether oxygens (including phenoxy) is 1. The molecule has 3 amide bonds. The lowest BCUT2D eigenvalue weighted by Gasteiger charge is -2.28. The predicted octanol–water partition coefficient (Wildman–Crippen LogP) is 3.84. The highest BCUT2D eigenvalue weighted by Crippen LogP contribution is 2.43. The molecule has 7 nitrogen and oxygen atoms in total. The third-order valence-electron chi connectivity index (χ3n) is 6.26. The Kier molecular flexibility index (Phi) is 7.24. The fourth-order valence-corrected chi connectivity index (χ4v) is 5.03. The fourth-order valence-electron chi connectivity index (χ4n) is 4.44. The summed E-state index contributed by atoms with van der Waals surface area (Å²) in [5, 5.41) is 2.01. The van der Waals surface area contributed by atoms with Crippen LogP contribution in [0.1, 0.15) is 41.7 Å². The monoisotopic (exact) mass is 502 g/mol. The van der Waals surface area contributed by atoms with Crippen LogP contribution in [0.2, 0.25) is 0 Å². The van der Waals surface area contributed by atoms with E-state index in [0.29, 0.717) is 12.8 Å². The van der Waals surface area contributed by atoms with Gasteiger partial charge in [0.25, 0.3) is 5.91 Å². The Balaban J connectivity index is 1.39. The number of nitrogens with one attached hydrogen (secondary N) is 1. The first-order valence-corrected chi connectivity index (χ1v) is 11.9. The molecular formula is C25H24Cl2N2O5. The maximum absolute atomic E-state index is 13.0. The van der Waals surface area contributed by atoms with E-state index in [1.54, 1.807) is 12.1 Å². The van der Waals surface area contributed by atoms with Crippen LogP contribution in [-0.2, 0) is 19.1 Å². The molecule has 0 radical (unpaired) electrons. The number of anilines is 1. The topological polar surface area (TPSA) is 92.8 Å². The summed E-state index contributed by atoms with van der Waals surface area (Å²) in [7, 11) is 0. The van der Waals surface area contributed by atoms with Crippen LogP contribution >= 0.6 is 23.2 Å². The van der Waals surface area contributed by atoms with E-state index in [1.165, 1.54) is 12.1 Å². The van der Waals surface area contributed by atoms with E-state index in [0.717, 1.165) is 10.5 Å². The fraction of sp³-hybridized carbons (Fsp3) is 0.360. The molecule has 2 fully saturated rings. The van der Waals surface area contributed by atoms with Crippen LogP contribution in [-0.4, -0.2) is 41.1 Å². The van der Waals surface area contributed by atoms with Crippen LogP contribution in [0.5, 0.6) is 0 Å². The predicted molar refractivity (Wildman–Crippen MR) is 128 cm³/mol. The summed E-state index contributed by atoms with van der Waals surface area (Å²) in [5.74, 6) is -2.90. The molecular weight excluding hydrogens is 479 g/mol. The Morgan fingerprint density at radius 3 is 2.24 bits per heavy atom. The highest BCUT2D eigenvalue weighted by Gasteiger charge is 2.52. The molecule has 1 saturated carbocycles. The maximum atomic E-state index is 13.0. The second-order valence-electron chi connectivity index (χ2n) is 8.55. The number of carbonyl (C=O) groups is 4. The number of hydrogen-bond donors (Lipinski definition) is 1. The molecule has 1 aliphatic carbocycles. The highest BCUT2D eigenvalue weighted by molar-refractivity contribution is 6.31. The van der Waals surface area contributed by atoms with E-state index in [9.17, 15) is 19.2 Å². The molecule has 178 valence electrons. The van der Waals surface area contributed by atoms with Crippen molar-refractivity contribution in [1.82, 2.24) is 5.32 Å². The quantitative estimate of drug-likeness (QED) is 0.368. The van der Waals surface area contributed by atoms with Gasteiger partial charge in [-0.2, -0.15) is 0 Å². The zero-order valence-electron chi connectivity index (χ0n) is 18.4. The van der Waals surface area contributed by atoms with Crippen LogP contribution in [0.4, 0.5) is 5.69 Å². The molecule has 2 aliphatic rings. The van der Waals surface area contributed by atoms with Gasteiger partial charge < -0.3 is 10.1 Å². The van der Waals surface area contributed by atoms with Crippen molar-refractivity contribution in [3.63, 3.8) is 0 Å². The van der Waals surface area contributed by atoms with E-state index in [1.807, 2.05) is 37.3 Å². The van der Waals surface area contributed by atoms with Gasteiger partial charge in [0.2, 0.25) is 11.8 Å². The standard InChI is InChI=1S/C25H24Cl2N2O5/c1-14(15-6-3-2-4-7-15)28-22(30)13-34-25(33)16-8-5-9-17(10-16)29-23(31)18-11-20(26)21(27)12-19(18)24(29)32/h2-10,14,18-21H,11-13H2,1H3,(H,28,30)/t14-,18+,19+,20-,21+/m0/s1. The van der Waals surface area contributed by atoms with Gasteiger partial charge in [-0.3, -0.25) is 19.3 Å². The average Bonchev–Trinajstić information content (AvgIpc) is 3.07. The van der Waals surface area contributed by atoms with Crippen molar-refractivity contribution in [1.29, 1.82) is 0 Å². The van der Waals surface area contributed by atoms with E-state index >= 15 is 0 Å². The first kappa shape index (κ1) is 24.2. The first-order valence-electron chi connectivity index (χ1n) is 11.0. The normalized spacial score (nSPS) is 25.0. The van der Waals surface area contributed by atoms with Gasteiger partial charge in [0.15, 0.2) is 6.61 Å². The highest BCUT2D eigenvalue weighted by atomic mass is 35.5. The first-order chi connectivity index (χ1) is 16.3. The zero-order chi connectivity index (χ0) is 24.4. The van der Waals surface area contributed by atoms with Crippen molar-refractivity contribution in [3.05, 3.63) is 65.7 Å². The van der Waals surface area contributed by atoms with Gasteiger partial charge in [-0.1, -0.05) is 36.4 Å². The molecule has 0 aromatic heterocycles. The van der Waals surface area contributed by atoms with Gasteiger partial charge in [-0.05, 0) is 43.5 Å². The zero-order valence-corrected chi connectivity index (χ0v) is 20.0. The number of rotatable bonds is 6. The summed E-state index contributed by atoms with van der Waals surface area (Å²) < 4.78 is 5.15. The SMILES string of the molecule is C[C@H](NC(=O)COC(=O)c1cccc(N2C(=O)[C@@H]3C[C@@H](Cl)[C@@H](Cl)C[C@H]3C2=O)c1)c1ccccc1. The smallest absolute Gasteiger partial charge is 0.338 e. The lowest BCUT2D eigenvalue weighted by molar-refractivity contribution is -0.125. The van der Waals surface area contributed by atoms with E-state index in [2.05, 4.69) is 5.32 Å². The number of fused-ring (bicyclic) bond motifs is 1. The molecule has 1 heterocycles. The molecule has 34 heavy (non-hydrogen) atoms. The number of benzene rings is 2. The second-order valence-corrected chi connectivity index (χ2v) is 9.68. The number of alkyl halides is 2. The summed E-state index contributed by atoms with van der Waals surface area (Å²) in [5.41, 5.74) is 1.33. The van der Waals surface area contributed by atoms with E-state index in [-0.39, 0.29) is 39.9 Å². The number of nitrogens with zero attached hydrogens (tertiary/aromatic N) is 1. The second kappa shape index (κ2) is 10.2. The molecule has 0 spiro atoms. The molecule has 1 saturated heterocycles. The minimum absolute atomic E-state index is 0.127. The third kappa shape index (κ3) is 4.95. The van der Waals surface area contributed by atoms with Gasteiger partial charge >= 0.3 is 5.97 Å². The van der Waals surface area contributed by atoms with Gasteiger partial charge in [-0.15, -0.1) is 23.2 Å². The van der Waals surface area contributed by atoms with Crippen LogP contribution in [0.3, 0.4) is 0 Å². The minimum atomic E-state index is -0.734. The molecule has 0 bridgehead atoms. The summed E-state index contributed by atoms with van der Waals surface area (Å²) in [6, 6.07) is 15.2. The molecule has 4 rings (SSSR count). The largest absolute Gasteiger partial charge is 0.452 e. The molecule has 1 aliphatic heterocycles. The summed E-state index contributed by atoms with van der Waals surface area (Å²) >= 11 is 12.5. The number of carbonyl (C=O) groups excluding carboxylic acids is 4. The molecule has 0 unspecified atom stereocenters. The maximum Gasteiger partial charge on any atom is 0.338 e. The third-order valence-corrected chi connectivity index (χ3v) is 7.36. The van der Waals surface area contributed by atoms with Crippen LogP contribution in [0.25, 0.3) is 0 Å². The molecule has 2 aromatic carbocycles. The van der Waals surface area contributed by atoms with Crippen molar-refractivity contribution < 1.29 is 23.9 Å². The average molecular weight is 503 g/mol. The van der Waals surface area contributed by atoms with Crippen molar-refractivity contribution in [2.45, 2.75) is 36.6 Å². The van der Waals surface area contributed by atoms with Gasteiger partial charge in [0.05, 0.1) is 39.9 Å². The minimum Gasteiger partial charge on any atom is -0.452 e. The molecule has 9 heteroatoms. The molecule has 2 aromatic rings. The molecule has 5 atom stereocenters. The van der Waals surface area contributed by atoms with Crippen LogP contribution in [0.15, 0.2) is 54.6 Å². The lowest BCUT2D eigenvalue weighted by atomic mass is 9.80. The van der Waals surface area contributed by atoms with Gasteiger partial charge in [0, 0.05) is 0 Å². The number of hydrogen-bond acceptors (Lipinski definition) is 5. The Hall–Kier alpha value is -2.90. The number of esters is 1. The lowest BCUT2D eigenvalue weighted by Crippen LogP contribution is -2.34. The molecule has 1 N–H and O–H groups in total. The van der Waals surface area contributed by atoms with Crippen molar-refractivity contribution in [2.24, 2.45) is 11.8 Å². The van der Waals surface area contributed by atoms with E-state index < -0.39 is 30.3 Å². The van der Waals surface area contributed by atoms with Crippen molar-refractivity contribution in [3.8, 4) is 0 Å². The number of amides is 3. The Morgan fingerprint density at radius 2 is 1.62 bits per heavy atom. The Labute approximate surface area is 207 Å². The Morgan fingerprint density at radius 1 is 1.00 bits per heavy atom. The number of imide groups is 1. The number of halogens is 2. The Bertz CT molecular complexity index is 1080. The van der Waals surface area contributed by atoms with Crippen molar-refractivity contribution >= 4 is 52.6 Å². The van der Waals surface area contributed by atoms with Crippen LogP contribution in [0, 0.1) is 11.8 Å².